The number of hydrogen-bond donors (Lipinski definition) is 1. The van der Waals surface area contributed by atoms with Crippen molar-refractivity contribution in [3.63, 3.8) is 0 Å². The second kappa shape index (κ2) is 5.36. The van der Waals surface area contributed by atoms with E-state index in [1.807, 2.05) is 0 Å². The van der Waals surface area contributed by atoms with Crippen molar-refractivity contribution in [2.45, 2.75) is 6.42 Å². The minimum absolute atomic E-state index is 0.0177. The predicted molar refractivity (Wildman–Crippen MR) is 71.1 cm³/mol. The molecule has 2 amide bonds. The average molecular weight is 324 g/mol. The summed E-state index contributed by atoms with van der Waals surface area (Å²) in [6, 6.07) is 6.63. The van der Waals surface area contributed by atoms with Gasteiger partial charge in [-0.2, -0.15) is 0 Å². The van der Waals surface area contributed by atoms with Crippen molar-refractivity contribution in [2.75, 3.05) is 6.54 Å². The summed E-state index contributed by atoms with van der Waals surface area (Å²) >= 11 is 2.88. The number of amides is 2. The van der Waals surface area contributed by atoms with Crippen LogP contribution in [0.3, 0.4) is 0 Å². The fraction of sp³-hybridized carbons (Fsp3) is 0.154. The van der Waals surface area contributed by atoms with Gasteiger partial charge >= 0.3 is 5.97 Å². The standard InChI is InChI=1S/C13H10BrNO4/c14-10(13(18)19)6-3-7-15-11(16)8-4-1-2-5-9(8)12(15)17/h1-2,4-6H,3,7H2,(H,18,19). The number of benzene rings is 1. The Hall–Kier alpha value is -1.95. The topological polar surface area (TPSA) is 74.7 Å². The molecule has 0 aromatic heterocycles. The van der Waals surface area contributed by atoms with E-state index in [9.17, 15) is 14.4 Å². The van der Waals surface area contributed by atoms with Crippen molar-refractivity contribution in [1.82, 2.24) is 4.90 Å². The number of aliphatic carboxylic acids is 1. The van der Waals surface area contributed by atoms with Gasteiger partial charge in [-0.05, 0) is 34.5 Å². The molecule has 2 rings (SSSR count). The summed E-state index contributed by atoms with van der Waals surface area (Å²) in [5, 5.41) is 8.66. The highest BCUT2D eigenvalue weighted by molar-refractivity contribution is 9.12. The predicted octanol–water partition coefficient (Wildman–Crippen LogP) is 2.04. The molecule has 19 heavy (non-hydrogen) atoms. The second-order valence-electron chi connectivity index (χ2n) is 3.95. The first-order valence-electron chi connectivity index (χ1n) is 5.56. The Kier molecular flexibility index (Phi) is 3.80. The number of rotatable bonds is 4. The number of nitrogens with zero attached hydrogens (tertiary/aromatic N) is 1. The molecule has 0 bridgehead atoms. The van der Waals surface area contributed by atoms with Crippen molar-refractivity contribution in [1.29, 1.82) is 0 Å². The first-order chi connectivity index (χ1) is 9.02. The number of halogens is 1. The largest absolute Gasteiger partial charge is 0.477 e. The molecule has 1 aromatic rings. The van der Waals surface area contributed by atoms with Crippen LogP contribution in [-0.2, 0) is 4.79 Å². The summed E-state index contributed by atoms with van der Waals surface area (Å²) in [6.45, 7) is 0.161. The number of imide groups is 1. The lowest BCUT2D eigenvalue weighted by atomic mass is 10.1. The molecule has 0 saturated carbocycles. The van der Waals surface area contributed by atoms with E-state index in [-0.39, 0.29) is 22.8 Å². The molecule has 98 valence electrons. The highest BCUT2D eigenvalue weighted by atomic mass is 79.9. The first kappa shape index (κ1) is 13.5. The quantitative estimate of drug-likeness (QED) is 0.679. The smallest absolute Gasteiger partial charge is 0.342 e. The lowest BCUT2D eigenvalue weighted by Gasteiger charge is -2.11. The lowest BCUT2D eigenvalue weighted by Crippen LogP contribution is -2.30. The van der Waals surface area contributed by atoms with Gasteiger partial charge in [-0.25, -0.2) is 4.79 Å². The summed E-state index contributed by atoms with van der Waals surface area (Å²) in [5.41, 5.74) is 0.794. The summed E-state index contributed by atoms with van der Waals surface area (Å²) in [5.74, 6) is -1.75. The van der Waals surface area contributed by atoms with Gasteiger partial charge in [0.1, 0.15) is 0 Å². The normalized spacial score (nSPS) is 14.8. The molecule has 5 nitrogen and oxygen atoms in total. The van der Waals surface area contributed by atoms with E-state index in [2.05, 4.69) is 15.9 Å². The van der Waals surface area contributed by atoms with Gasteiger partial charge in [0.15, 0.2) is 0 Å². The van der Waals surface area contributed by atoms with Crippen LogP contribution in [0.1, 0.15) is 27.1 Å². The number of carboxylic acid groups (broad SMARTS) is 1. The van der Waals surface area contributed by atoms with Crippen molar-refractivity contribution < 1.29 is 19.5 Å². The minimum atomic E-state index is -1.08. The monoisotopic (exact) mass is 323 g/mol. The van der Waals surface area contributed by atoms with Crippen LogP contribution in [0.15, 0.2) is 34.8 Å². The summed E-state index contributed by atoms with van der Waals surface area (Å²) in [7, 11) is 0. The Morgan fingerprint density at radius 1 is 1.21 bits per heavy atom. The molecule has 0 aliphatic carbocycles. The van der Waals surface area contributed by atoms with Gasteiger partial charge in [0.2, 0.25) is 0 Å². The molecule has 0 atom stereocenters. The maximum absolute atomic E-state index is 12.0. The molecule has 0 saturated heterocycles. The van der Waals surface area contributed by atoms with Crippen LogP contribution in [-0.4, -0.2) is 34.3 Å². The highest BCUT2D eigenvalue weighted by Gasteiger charge is 2.34. The number of fused-ring (bicyclic) bond motifs is 1. The zero-order valence-corrected chi connectivity index (χ0v) is 11.4. The Labute approximate surface area is 117 Å². The Balaban J connectivity index is 2.09. The number of carboxylic acids is 1. The van der Waals surface area contributed by atoms with Crippen molar-refractivity contribution in [3.05, 3.63) is 46.0 Å². The van der Waals surface area contributed by atoms with Gasteiger partial charge in [0.05, 0.1) is 15.6 Å². The van der Waals surface area contributed by atoms with E-state index in [1.165, 1.54) is 6.08 Å². The highest BCUT2D eigenvalue weighted by Crippen LogP contribution is 2.22. The maximum atomic E-state index is 12.0. The van der Waals surface area contributed by atoms with Crippen LogP contribution in [0.5, 0.6) is 0 Å². The second-order valence-corrected chi connectivity index (χ2v) is 4.81. The molecule has 1 aliphatic rings. The minimum Gasteiger partial charge on any atom is -0.477 e. The number of carbonyl (C=O) groups excluding carboxylic acids is 2. The fourth-order valence-corrected chi connectivity index (χ4v) is 2.08. The van der Waals surface area contributed by atoms with E-state index in [4.69, 9.17) is 5.11 Å². The summed E-state index contributed by atoms with van der Waals surface area (Å²) in [6.07, 6.45) is 1.71. The number of carbonyl (C=O) groups is 3. The molecule has 0 spiro atoms. The van der Waals surface area contributed by atoms with Gasteiger partial charge in [0, 0.05) is 6.54 Å². The van der Waals surface area contributed by atoms with Crippen molar-refractivity contribution in [3.8, 4) is 0 Å². The van der Waals surface area contributed by atoms with Gasteiger partial charge in [-0.3, -0.25) is 14.5 Å². The molecule has 1 aliphatic heterocycles. The average Bonchev–Trinajstić information content (AvgIpc) is 2.64. The molecule has 0 unspecified atom stereocenters. The summed E-state index contributed by atoms with van der Waals surface area (Å²) in [4.78, 5) is 35.6. The van der Waals surface area contributed by atoms with Crippen LogP contribution < -0.4 is 0 Å². The van der Waals surface area contributed by atoms with Crippen LogP contribution >= 0.6 is 15.9 Å². The first-order valence-corrected chi connectivity index (χ1v) is 6.36. The lowest BCUT2D eigenvalue weighted by molar-refractivity contribution is -0.131. The molecule has 0 fully saturated rings. The zero-order valence-electron chi connectivity index (χ0n) is 9.80. The SMILES string of the molecule is O=C(O)C(Br)=CCCN1C(=O)c2ccccc2C1=O. The Morgan fingerprint density at radius 2 is 1.74 bits per heavy atom. The van der Waals surface area contributed by atoms with E-state index < -0.39 is 5.97 Å². The van der Waals surface area contributed by atoms with E-state index in [0.29, 0.717) is 17.5 Å². The van der Waals surface area contributed by atoms with E-state index >= 15 is 0 Å². The molecular formula is C13H10BrNO4. The number of hydrogen-bond acceptors (Lipinski definition) is 3. The maximum Gasteiger partial charge on any atom is 0.342 e. The van der Waals surface area contributed by atoms with Crippen LogP contribution in [0.4, 0.5) is 0 Å². The Morgan fingerprint density at radius 3 is 2.21 bits per heavy atom. The third-order valence-corrected chi connectivity index (χ3v) is 3.42. The van der Waals surface area contributed by atoms with Gasteiger partial charge in [0.25, 0.3) is 11.8 Å². The molecule has 1 heterocycles. The van der Waals surface area contributed by atoms with Gasteiger partial charge < -0.3 is 5.11 Å². The van der Waals surface area contributed by atoms with Gasteiger partial charge in [-0.15, -0.1) is 0 Å². The van der Waals surface area contributed by atoms with Crippen molar-refractivity contribution >= 4 is 33.7 Å². The van der Waals surface area contributed by atoms with Crippen LogP contribution in [0.25, 0.3) is 0 Å². The molecule has 1 N–H and O–H groups in total. The molecular weight excluding hydrogens is 314 g/mol. The third kappa shape index (κ3) is 2.58. The third-order valence-electron chi connectivity index (χ3n) is 2.76. The molecule has 6 heteroatoms. The zero-order chi connectivity index (χ0) is 14.0. The fourth-order valence-electron chi connectivity index (χ4n) is 1.85. The van der Waals surface area contributed by atoms with Crippen molar-refractivity contribution in [2.24, 2.45) is 0 Å². The Bertz CT molecular complexity index is 559. The van der Waals surface area contributed by atoms with Crippen LogP contribution in [0.2, 0.25) is 0 Å². The molecule has 0 radical (unpaired) electrons. The molecule has 1 aromatic carbocycles. The van der Waals surface area contributed by atoms with Gasteiger partial charge in [-0.1, -0.05) is 18.2 Å². The van der Waals surface area contributed by atoms with Crippen LogP contribution in [0, 0.1) is 0 Å². The van der Waals surface area contributed by atoms with E-state index in [0.717, 1.165) is 4.90 Å². The summed E-state index contributed by atoms with van der Waals surface area (Å²) < 4.78 is 0.0177. The van der Waals surface area contributed by atoms with E-state index in [1.54, 1.807) is 24.3 Å².